The van der Waals surface area contributed by atoms with Crippen LogP contribution in [0.15, 0.2) is 0 Å². The number of nitrogens with zero attached hydrogens (tertiary/aromatic N) is 1. The van der Waals surface area contributed by atoms with Crippen LogP contribution in [0.2, 0.25) is 0 Å². The van der Waals surface area contributed by atoms with E-state index in [1.54, 1.807) is 6.92 Å². The van der Waals surface area contributed by atoms with Crippen LogP contribution in [0.25, 0.3) is 0 Å². The highest BCUT2D eigenvalue weighted by atomic mass is 16.1. The SMILES string of the molecule is CCN(CC1CC1)C(C)CC(C)(N)C(N)=O. The van der Waals surface area contributed by atoms with E-state index in [0.717, 1.165) is 19.0 Å². The second-order valence-corrected chi connectivity index (χ2v) is 5.37. The smallest absolute Gasteiger partial charge is 0.237 e. The fourth-order valence-electron chi connectivity index (χ4n) is 2.10. The number of carbonyl (C=O) groups is 1. The average Bonchev–Trinajstić information content (AvgIpc) is 2.96. The van der Waals surface area contributed by atoms with Gasteiger partial charge in [0.15, 0.2) is 0 Å². The third-order valence-electron chi connectivity index (χ3n) is 3.50. The number of hydrogen-bond donors (Lipinski definition) is 2. The standard InChI is InChI=1S/C12H25N3O/c1-4-15(8-10-5-6-10)9(2)7-12(3,14)11(13)16/h9-10H,4-8,14H2,1-3H3,(H2,13,16). The van der Waals surface area contributed by atoms with E-state index in [4.69, 9.17) is 11.5 Å². The summed E-state index contributed by atoms with van der Waals surface area (Å²) < 4.78 is 0. The largest absolute Gasteiger partial charge is 0.368 e. The summed E-state index contributed by atoms with van der Waals surface area (Å²) in [5.74, 6) is 0.446. The molecule has 0 radical (unpaired) electrons. The molecule has 0 aliphatic heterocycles. The van der Waals surface area contributed by atoms with Crippen molar-refractivity contribution in [2.75, 3.05) is 13.1 Å². The highest BCUT2D eigenvalue weighted by molar-refractivity contribution is 5.83. The number of hydrogen-bond acceptors (Lipinski definition) is 3. The van der Waals surface area contributed by atoms with Gasteiger partial charge in [0.2, 0.25) is 5.91 Å². The van der Waals surface area contributed by atoms with Crippen LogP contribution < -0.4 is 11.5 Å². The van der Waals surface area contributed by atoms with E-state index >= 15 is 0 Å². The van der Waals surface area contributed by atoms with Gasteiger partial charge in [-0.05, 0) is 45.6 Å². The summed E-state index contributed by atoms with van der Waals surface area (Å²) in [6, 6.07) is 0.313. The fourth-order valence-corrected chi connectivity index (χ4v) is 2.10. The zero-order valence-electron chi connectivity index (χ0n) is 10.7. The topological polar surface area (TPSA) is 72.3 Å². The summed E-state index contributed by atoms with van der Waals surface area (Å²) in [6.45, 7) is 8.13. The normalized spacial score (nSPS) is 21.8. The lowest BCUT2D eigenvalue weighted by Crippen LogP contribution is -2.53. The molecule has 1 saturated carbocycles. The molecule has 0 heterocycles. The van der Waals surface area contributed by atoms with Crippen LogP contribution in [0.1, 0.15) is 40.0 Å². The Labute approximate surface area is 98.3 Å². The maximum Gasteiger partial charge on any atom is 0.237 e. The molecule has 1 rings (SSSR count). The summed E-state index contributed by atoms with van der Waals surface area (Å²) in [6.07, 6.45) is 3.32. The molecule has 0 bridgehead atoms. The van der Waals surface area contributed by atoms with E-state index in [1.165, 1.54) is 12.8 Å². The van der Waals surface area contributed by atoms with E-state index in [0.29, 0.717) is 12.5 Å². The maximum absolute atomic E-state index is 11.2. The Morgan fingerprint density at radius 3 is 2.50 bits per heavy atom. The fraction of sp³-hybridized carbons (Fsp3) is 0.917. The minimum Gasteiger partial charge on any atom is -0.368 e. The molecule has 4 N–H and O–H groups in total. The summed E-state index contributed by atoms with van der Waals surface area (Å²) >= 11 is 0. The molecular formula is C12H25N3O. The third-order valence-corrected chi connectivity index (χ3v) is 3.50. The van der Waals surface area contributed by atoms with Gasteiger partial charge in [-0.2, -0.15) is 0 Å². The lowest BCUT2D eigenvalue weighted by molar-refractivity contribution is -0.123. The molecule has 2 unspecified atom stereocenters. The van der Waals surface area contributed by atoms with Crippen molar-refractivity contribution in [2.45, 2.75) is 51.6 Å². The lowest BCUT2D eigenvalue weighted by Gasteiger charge is -2.32. The molecule has 0 aromatic rings. The maximum atomic E-state index is 11.2. The van der Waals surface area contributed by atoms with Crippen LogP contribution in [0.4, 0.5) is 0 Å². The van der Waals surface area contributed by atoms with Gasteiger partial charge in [-0.25, -0.2) is 0 Å². The predicted molar refractivity (Wildman–Crippen MR) is 65.8 cm³/mol. The molecule has 4 heteroatoms. The first-order chi connectivity index (χ1) is 7.36. The third kappa shape index (κ3) is 3.76. The number of primary amides is 1. The molecule has 0 aromatic heterocycles. The number of amides is 1. The van der Waals surface area contributed by atoms with Gasteiger partial charge < -0.3 is 16.4 Å². The van der Waals surface area contributed by atoms with Crippen molar-refractivity contribution in [3.05, 3.63) is 0 Å². The lowest BCUT2D eigenvalue weighted by atomic mass is 9.93. The highest BCUT2D eigenvalue weighted by Gasteiger charge is 2.32. The number of nitrogens with two attached hydrogens (primary N) is 2. The molecule has 1 aliphatic rings. The summed E-state index contributed by atoms with van der Waals surface area (Å²) in [5.41, 5.74) is 10.3. The summed E-state index contributed by atoms with van der Waals surface area (Å²) in [4.78, 5) is 13.6. The van der Waals surface area contributed by atoms with Gasteiger partial charge in [0.25, 0.3) is 0 Å². The first kappa shape index (κ1) is 13.5. The van der Waals surface area contributed by atoms with Crippen LogP contribution >= 0.6 is 0 Å². The van der Waals surface area contributed by atoms with Gasteiger partial charge in [0, 0.05) is 12.6 Å². The van der Waals surface area contributed by atoms with Crippen molar-refractivity contribution in [1.29, 1.82) is 0 Å². The van der Waals surface area contributed by atoms with E-state index in [9.17, 15) is 4.79 Å². The molecular weight excluding hydrogens is 202 g/mol. The Kier molecular flexibility index (Phi) is 4.33. The Hall–Kier alpha value is -0.610. The van der Waals surface area contributed by atoms with Crippen molar-refractivity contribution in [3.63, 3.8) is 0 Å². The summed E-state index contributed by atoms with van der Waals surface area (Å²) in [7, 11) is 0. The van der Waals surface area contributed by atoms with Crippen LogP contribution in [0, 0.1) is 5.92 Å². The zero-order valence-corrected chi connectivity index (χ0v) is 10.7. The first-order valence-electron chi connectivity index (χ1n) is 6.19. The number of carbonyl (C=O) groups excluding carboxylic acids is 1. The van der Waals surface area contributed by atoms with E-state index < -0.39 is 11.4 Å². The second-order valence-electron chi connectivity index (χ2n) is 5.37. The van der Waals surface area contributed by atoms with E-state index in [-0.39, 0.29) is 0 Å². The van der Waals surface area contributed by atoms with E-state index in [2.05, 4.69) is 18.7 Å². The molecule has 0 saturated heterocycles. The molecule has 4 nitrogen and oxygen atoms in total. The van der Waals surface area contributed by atoms with Gasteiger partial charge in [0.05, 0.1) is 5.54 Å². The van der Waals surface area contributed by atoms with E-state index in [1.807, 2.05) is 0 Å². The molecule has 1 fully saturated rings. The minimum atomic E-state index is -0.892. The molecule has 1 aliphatic carbocycles. The monoisotopic (exact) mass is 227 g/mol. The molecule has 0 aromatic carbocycles. The Morgan fingerprint density at radius 1 is 1.56 bits per heavy atom. The van der Waals surface area contributed by atoms with Crippen molar-refractivity contribution in [1.82, 2.24) is 4.90 Å². The van der Waals surface area contributed by atoms with Gasteiger partial charge >= 0.3 is 0 Å². The quantitative estimate of drug-likeness (QED) is 0.672. The van der Waals surface area contributed by atoms with Crippen LogP contribution in [-0.2, 0) is 4.79 Å². The summed E-state index contributed by atoms with van der Waals surface area (Å²) in [5, 5.41) is 0. The molecule has 16 heavy (non-hydrogen) atoms. The number of rotatable bonds is 7. The molecule has 2 atom stereocenters. The van der Waals surface area contributed by atoms with Crippen LogP contribution in [0.3, 0.4) is 0 Å². The van der Waals surface area contributed by atoms with Crippen molar-refractivity contribution >= 4 is 5.91 Å². The van der Waals surface area contributed by atoms with Crippen LogP contribution in [0.5, 0.6) is 0 Å². The van der Waals surface area contributed by atoms with Crippen LogP contribution in [-0.4, -0.2) is 35.5 Å². The Balaban J connectivity index is 2.47. The van der Waals surface area contributed by atoms with Gasteiger partial charge in [-0.1, -0.05) is 6.92 Å². The average molecular weight is 227 g/mol. The minimum absolute atomic E-state index is 0.313. The molecule has 94 valence electrons. The van der Waals surface area contributed by atoms with Crippen molar-refractivity contribution in [2.24, 2.45) is 17.4 Å². The molecule has 1 amide bonds. The van der Waals surface area contributed by atoms with Gasteiger partial charge in [-0.15, -0.1) is 0 Å². The molecule has 0 spiro atoms. The zero-order chi connectivity index (χ0) is 12.3. The Bertz CT molecular complexity index is 249. The van der Waals surface area contributed by atoms with Gasteiger partial charge in [-0.3, -0.25) is 4.79 Å². The first-order valence-corrected chi connectivity index (χ1v) is 6.19. The highest BCUT2D eigenvalue weighted by Crippen LogP contribution is 2.30. The van der Waals surface area contributed by atoms with Crippen molar-refractivity contribution < 1.29 is 4.79 Å². The Morgan fingerprint density at radius 2 is 2.12 bits per heavy atom. The second kappa shape index (κ2) is 5.15. The van der Waals surface area contributed by atoms with Crippen molar-refractivity contribution in [3.8, 4) is 0 Å². The predicted octanol–water partition coefficient (Wildman–Crippen LogP) is 0.700. The van der Waals surface area contributed by atoms with Gasteiger partial charge in [0.1, 0.15) is 0 Å².